The molecule has 2 nitrogen and oxygen atoms in total. The Morgan fingerprint density at radius 3 is 2.75 bits per heavy atom. The fourth-order valence-corrected chi connectivity index (χ4v) is 3.38. The summed E-state index contributed by atoms with van der Waals surface area (Å²) in [5.41, 5.74) is 10.2. The second-order valence-corrected chi connectivity index (χ2v) is 6.03. The molecule has 2 atom stereocenters. The Morgan fingerprint density at radius 1 is 1.15 bits per heavy atom. The van der Waals surface area contributed by atoms with Crippen LogP contribution < -0.4 is 5.73 Å². The van der Waals surface area contributed by atoms with Crippen LogP contribution in [0.5, 0.6) is 0 Å². The molecular formula is C17H18BrNO. The molecule has 3 rings (SSSR count). The molecule has 0 fully saturated rings. The van der Waals surface area contributed by atoms with Gasteiger partial charge in [0.1, 0.15) is 0 Å². The number of hydrogen-bond acceptors (Lipinski definition) is 2. The van der Waals surface area contributed by atoms with E-state index in [0.29, 0.717) is 0 Å². The maximum Gasteiger partial charge on any atom is 0.0845 e. The van der Waals surface area contributed by atoms with Crippen molar-refractivity contribution in [2.45, 2.75) is 25.0 Å². The van der Waals surface area contributed by atoms with Gasteiger partial charge in [0.2, 0.25) is 0 Å². The lowest BCUT2D eigenvalue weighted by Gasteiger charge is -2.28. The Bertz CT molecular complexity index is 599. The summed E-state index contributed by atoms with van der Waals surface area (Å²) in [6.45, 7) is 0.782. The van der Waals surface area contributed by atoms with E-state index in [2.05, 4.69) is 46.3 Å². The van der Waals surface area contributed by atoms with Crippen molar-refractivity contribution >= 4 is 15.9 Å². The summed E-state index contributed by atoms with van der Waals surface area (Å²) in [5, 5.41) is 0. The van der Waals surface area contributed by atoms with Gasteiger partial charge in [0.25, 0.3) is 0 Å². The van der Waals surface area contributed by atoms with Crippen LogP contribution >= 0.6 is 15.9 Å². The van der Waals surface area contributed by atoms with Crippen molar-refractivity contribution in [3.8, 4) is 0 Å². The second kappa shape index (κ2) is 6.08. The van der Waals surface area contributed by atoms with Gasteiger partial charge in [-0.15, -0.1) is 0 Å². The zero-order valence-electron chi connectivity index (χ0n) is 11.3. The molecule has 0 saturated heterocycles. The van der Waals surface area contributed by atoms with Crippen LogP contribution in [-0.2, 0) is 11.2 Å². The third kappa shape index (κ3) is 2.80. The highest BCUT2D eigenvalue weighted by molar-refractivity contribution is 9.10. The highest BCUT2D eigenvalue weighted by Gasteiger charge is 2.23. The van der Waals surface area contributed by atoms with Crippen LogP contribution in [0.4, 0.5) is 0 Å². The van der Waals surface area contributed by atoms with Crippen LogP contribution in [0.25, 0.3) is 0 Å². The maximum atomic E-state index is 6.37. The number of rotatable bonds is 3. The largest absolute Gasteiger partial charge is 0.373 e. The quantitative estimate of drug-likeness (QED) is 0.916. The van der Waals surface area contributed by atoms with Crippen molar-refractivity contribution in [1.82, 2.24) is 0 Å². The van der Waals surface area contributed by atoms with E-state index in [1.165, 1.54) is 11.1 Å². The van der Waals surface area contributed by atoms with E-state index < -0.39 is 0 Å². The summed E-state index contributed by atoms with van der Waals surface area (Å²) in [7, 11) is 0. The van der Waals surface area contributed by atoms with E-state index in [1.807, 2.05) is 18.2 Å². The number of halogens is 1. The predicted octanol–water partition coefficient (Wildman–Crippen LogP) is 4.15. The van der Waals surface area contributed by atoms with Crippen molar-refractivity contribution in [1.29, 1.82) is 0 Å². The number of benzene rings is 2. The molecule has 2 N–H and O–H groups in total. The van der Waals surface area contributed by atoms with Crippen LogP contribution in [0.15, 0.2) is 53.0 Å². The minimum Gasteiger partial charge on any atom is -0.373 e. The van der Waals surface area contributed by atoms with E-state index in [4.69, 9.17) is 10.5 Å². The highest BCUT2D eigenvalue weighted by atomic mass is 79.9. The Hall–Kier alpha value is -1.16. The lowest BCUT2D eigenvalue weighted by Crippen LogP contribution is -2.21. The van der Waals surface area contributed by atoms with Crippen molar-refractivity contribution in [3.63, 3.8) is 0 Å². The molecule has 20 heavy (non-hydrogen) atoms. The van der Waals surface area contributed by atoms with Crippen molar-refractivity contribution in [3.05, 3.63) is 69.7 Å². The zero-order chi connectivity index (χ0) is 13.9. The third-order valence-electron chi connectivity index (χ3n) is 3.87. The normalized spacial score (nSPS) is 19.4. The minimum atomic E-state index is -0.0262. The van der Waals surface area contributed by atoms with Gasteiger partial charge in [-0.05, 0) is 35.6 Å². The standard InChI is InChI=1S/C17H18BrNO/c18-15-8-4-3-7-14(15)16(19)11-17-13-6-2-1-5-12(13)9-10-20-17/h1-8,16-17H,9-11,19H2. The van der Waals surface area contributed by atoms with Gasteiger partial charge in [0, 0.05) is 10.5 Å². The van der Waals surface area contributed by atoms with Crippen molar-refractivity contribution < 1.29 is 4.74 Å². The van der Waals surface area contributed by atoms with E-state index in [1.54, 1.807) is 0 Å². The first kappa shape index (κ1) is 13.8. The molecule has 0 bridgehead atoms. The lowest BCUT2D eigenvalue weighted by atomic mass is 9.92. The van der Waals surface area contributed by atoms with Gasteiger partial charge in [-0.3, -0.25) is 0 Å². The molecule has 0 aliphatic carbocycles. The smallest absolute Gasteiger partial charge is 0.0845 e. The van der Waals surface area contributed by atoms with E-state index in [0.717, 1.165) is 29.5 Å². The van der Waals surface area contributed by atoms with Crippen molar-refractivity contribution in [2.75, 3.05) is 6.61 Å². The highest BCUT2D eigenvalue weighted by Crippen LogP contribution is 2.34. The molecule has 1 heterocycles. The minimum absolute atomic E-state index is 0.0262. The number of nitrogens with two attached hydrogens (primary N) is 1. The van der Waals surface area contributed by atoms with Gasteiger partial charge in [-0.1, -0.05) is 58.4 Å². The first-order chi connectivity index (χ1) is 9.75. The maximum absolute atomic E-state index is 6.37. The van der Waals surface area contributed by atoms with E-state index in [-0.39, 0.29) is 12.1 Å². The lowest BCUT2D eigenvalue weighted by molar-refractivity contribution is 0.0319. The van der Waals surface area contributed by atoms with Gasteiger partial charge in [-0.25, -0.2) is 0 Å². The Labute approximate surface area is 128 Å². The summed E-state index contributed by atoms with van der Waals surface area (Å²) < 4.78 is 7.01. The van der Waals surface area contributed by atoms with E-state index >= 15 is 0 Å². The molecule has 2 aromatic rings. The molecule has 3 heteroatoms. The SMILES string of the molecule is NC(CC1OCCc2ccccc21)c1ccccc1Br. The van der Waals surface area contributed by atoms with Crippen LogP contribution in [0, 0.1) is 0 Å². The zero-order valence-corrected chi connectivity index (χ0v) is 12.8. The number of ether oxygens (including phenoxy) is 1. The van der Waals surface area contributed by atoms with Gasteiger partial charge in [0.15, 0.2) is 0 Å². The van der Waals surface area contributed by atoms with Crippen LogP contribution in [-0.4, -0.2) is 6.61 Å². The first-order valence-corrected chi connectivity index (χ1v) is 7.74. The fraction of sp³-hybridized carbons (Fsp3) is 0.294. The molecule has 1 aliphatic heterocycles. The Balaban J connectivity index is 1.81. The summed E-state index contributed by atoms with van der Waals surface area (Å²) in [6.07, 6.45) is 1.90. The molecule has 2 unspecified atom stereocenters. The predicted molar refractivity (Wildman–Crippen MR) is 84.5 cm³/mol. The third-order valence-corrected chi connectivity index (χ3v) is 4.59. The average molecular weight is 332 g/mol. The van der Waals surface area contributed by atoms with Crippen molar-refractivity contribution in [2.24, 2.45) is 5.73 Å². The summed E-state index contributed by atoms with van der Waals surface area (Å²) in [4.78, 5) is 0. The molecule has 2 aromatic carbocycles. The molecule has 0 spiro atoms. The second-order valence-electron chi connectivity index (χ2n) is 5.17. The monoisotopic (exact) mass is 331 g/mol. The van der Waals surface area contributed by atoms with Gasteiger partial charge >= 0.3 is 0 Å². The fourth-order valence-electron chi connectivity index (χ4n) is 2.81. The molecule has 0 radical (unpaired) electrons. The van der Waals surface area contributed by atoms with Gasteiger partial charge in [-0.2, -0.15) is 0 Å². The summed E-state index contributed by atoms with van der Waals surface area (Å²) in [5.74, 6) is 0. The van der Waals surface area contributed by atoms with E-state index in [9.17, 15) is 0 Å². The first-order valence-electron chi connectivity index (χ1n) is 6.95. The molecule has 0 aromatic heterocycles. The molecule has 0 amide bonds. The number of hydrogen-bond donors (Lipinski definition) is 1. The van der Waals surface area contributed by atoms with Gasteiger partial charge in [0.05, 0.1) is 12.7 Å². The van der Waals surface area contributed by atoms with Crippen LogP contribution in [0.2, 0.25) is 0 Å². The van der Waals surface area contributed by atoms with Crippen LogP contribution in [0.3, 0.4) is 0 Å². The summed E-state index contributed by atoms with van der Waals surface area (Å²) >= 11 is 3.57. The van der Waals surface area contributed by atoms with Gasteiger partial charge < -0.3 is 10.5 Å². The molecule has 0 saturated carbocycles. The van der Waals surface area contributed by atoms with Crippen LogP contribution in [0.1, 0.15) is 35.3 Å². The molecule has 104 valence electrons. The Kier molecular flexibility index (Phi) is 4.20. The average Bonchev–Trinajstić information content (AvgIpc) is 2.48. The Morgan fingerprint density at radius 2 is 1.90 bits per heavy atom. The molecular weight excluding hydrogens is 314 g/mol. The topological polar surface area (TPSA) is 35.2 Å². The molecule has 1 aliphatic rings. The summed E-state index contributed by atoms with van der Waals surface area (Å²) in [6, 6.07) is 16.6. The number of fused-ring (bicyclic) bond motifs is 1.